The summed E-state index contributed by atoms with van der Waals surface area (Å²) in [7, 11) is 0. The van der Waals surface area contributed by atoms with Crippen LogP contribution in [-0.4, -0.2) is 35.6 Å². The summed E-state index contributed by atoms with van der Waals surface area (Å²) in [6, 6.07) is 1.46. The van der Waals surface area contributed by atoms with Gasteiger partial charge in [0.05, 0.1) is 0 Å². The minimum absolute atomic E-state index is 0.483. The molecule has 1 spiro atoms. The Morgan fingerprint density at radius 1 is 1.15 bits per heavy atom. The molecule has 1 heterocycles. The number of rotatable bonds is 5. The van der Waals surface area contributed by atoms with Crippen LogP contribution in [0.2, 0.25) is 0 Å². The van der Waals surface area contributed by atoms with Crippen LogP contribution in [0.25, 0.3) is 0 Å². The molecule has 1 saturated carbocycles. The third-order valence-electron chi connectivity index (χ3n) is 6.05. The van der Waals surface area contributed by atoms with Crippen molar-refractivity contribution < 1.29 is 0 Å². The first-order valence-electron chi connectivity index (χ1n) is 9.13. The second kappa shape index (κ2) is 7.26. The lowest BCUT2D eigenvalue weighted by molar-refractivity contribution is -0.0281. The van der Waals surface area contributed by atoms with Crippen molar-refractivity contribution in [3.05, 3.63) is 0 Å². The van der Waals surface area contributed by atoms with Gasteiger partial charge in [0.2, 0.25) is 0 Å². The summed E-state index contributed by atoms with van der Waals surface area (Å²) in [5.41, 5.74) is 0.483. The van der Waals surface area contributed by atoms with Gasteiger partial charge in [-0.15, -0.1) is 0 Å². The lowest BCUT2D eigenvalue weighted by Crippen LogP contribution is -2.68. The highest BCUT2D eigenvalue weighted by molar-refractivity contribution is 5.02. The molecule has 1 N–H and O–H groups in total. The van der Waals surface area contributed by atoms with Gasteiger partial charge in [-0.25, -0.2) is 0 Å². The molecule has 0 aromatic rings. The SMILES string of the molecule is CCCC(C)N1CC(C(C)CC)NCC12CCCCC2. The molecule has 0 aromatic carbocycles. The van der Waals surface area contributed by atoms with E-state index in [9.17, 15) is 0 Å². The van der Waals surface area contributed by atoms with E-state index in [1.165, 1.54) is 64.5 Å². The third kappa shape index (κ3) is 3.39. The molecule has 3 unspecified atom stereocenters. The Morgan fingerprint density at radius 2 is 1.85 bits per heavy atom. The van der Waals surface area contributed by atoms with Gasteiger partial charge in [-0.05, 0) is 32.1 Å². The van der Waals surface area contributed by atoms with Crippen LogP contribution in [0.1, 0.15) is 79.1 Å². The van der Waals surface area contributed by atoms with E-state index in [4.69, 9.17) is 0 Å². The summed E-state index contributed by atoms with van der Waals surface area (Å²) in [5.74, 6) is 0.798. The second-order valence-corrected chi connectivity index (χ2v) is 7.45. The van der Waals surface area contributed by atoms with E-state index in [0.29, 0.717) is 11.6 Å². The molecule has 1 aliphatic heterocycles. The van der Waals surface area contributed by atoms with Crippen LogP contribution in [0.15, 0.2) is 0 Å². The molecule has 0 aromatic heterocycles. The highest BCUT2D eigenvalue weighted by Crippen LogP contribution is 2.38. The molecule has 2 rings (SSSR count). The monoisotopic (exact) mass is 280 g/mol. The van der Waals surface area contributed by atoms with E-state index in [2.05, 4.69) is 37.9 Å². The van der Waals surface area contributed by atoms with Crippen molar-refractivity contribution in [2.24, 2.45) is 5.92 Å². The fourth-order valence-electron chi connectivity index (χ4n) is 4.45. The molecular formula is C18H36N2. The van der Waals surface area contributed by atoms with Gasteiger partial charge in [0.1, 0.15) is 0 Å². The first-order chi connectivity index (χ1) is 9.63. The van der Waals surface area contributed by atoms with Gasteiger partial charge in [0.25, 0.3) is 0 Å². The summed E-state index contributed by atoms with van der Waals surface area (Å²) >= 11 is 0. The molecule has 0 bridgehead atoms. The molecule has 1 saturated heterocycles. The number of hydrogen-bond acceptors (Lipinski definition) is 2. The minimum Gasteiger partial charge on any atom is -0.311 e. The second-order valence-electron chi connectivity index (χ2n) is 7.45. The fraction of sp³-hybridized carbons (Fsp3) is 1.00. The molecule has 2 aliphatic rings. The van der Waals surface area contributed by atoms with E-state index in [1.807, 2.05) is 0 Å². The summed E-state index contributed by atoms with van der Waals surface area (Å²) in [5, 5.41) is 3.92. The van der Waals surface area contributed by atoms with Gasteiger partial charge < -0.3 is 5.32 Å². The maximum absolute atomic E-state index is 3.92. The Balaban J connectivity index is 2.11. The van der Waals surface area contributed by atoms with Crippen LogP contribution in [0.5, 0.6) is 0 Å². The molecule has 2 nitrogen and oxygen atoms in total. The highest BCUT2D eigenvalue weighted by atomic mass is 15.3. The van der Waals surface area contributed by atoms with Gasteiger partial charge in [0, 0.05) is 30.7 Å². The van der Waals surface area contributed by atoms with E-state index in [1.54, 1.807) is 0 Å². The topological polar surface area (TPSA) is 15.3 Å². The zero-order chi connectivity index (χ0) is 14.6. The van der Waals surface area contributed by atoms with Gasteiger partial charge >= 0.3 is 0 Å². The lowest BCUT2D eigenvalue weighted by Gasteiger charge is -2.55. The van der Waals surface area contributed by atoms with Crippen molar-refractivity contribution in [3.8, 4) is 0 Å². The van der Waals surface area contributed by atoms with Gasteiger partial charge in [-0.1, -0.05) is 52.9 Å². The first kappa shape index (κ1) is 16.3. The zero-order valence-electron chi connectivity index (χ0n) is 14.3. The predicted molar refractivity (Wildman–Crippen MR) is 88.1 cm³/mol. The smallest absolute Gasteiger partial charge is 0.0337 e. The van der Waals surface area contributed by atoms with Gasteiger partial charge in [-0.3, -0.25) is 4.90 Å². The number of piperazine rings is 1. The van der Waals surface area contributed by atoms with Crippen LogP contribution in [0.4, 0.5) is 0 Å². The normalized spacial score (nSPS) is 30.3. The minimum atomic E-state index is 0.483. The van der Waals surface area contributed by atoms with Crippen molar-refractivity contribution >= 4 is 0 Å². The molecule has 1 aliphatic carbocycles. The van der Waals surface area contributed by atoms with E-state index in [-0.39, 0.29) is 0 Å². The maximum atomic E-state index is 3.92. The quantitative estimate of drug-likeness (QED) is 0.812. The van der Waals surface area contributed by atoms with Crippen molar-refractivity contribution in [2.45, 2.75) is 96.7 Å². The van der Waals surface area contributed by atoms with Crippen LogP contribution >= 0.6 is 0 Å². The first-order valence-corrected chi connectivity index (χ1v) is 9.13. The summed E-state index contributed by atoms with van der Waals surface area (Å²) in [4.78, 5) is 2.92. The number of nitrogens with one attached hydrogen (secondary N) is 1. The largest absolute Gasteiger partial charge is 0.311 e. The zero-order valence-corrected chi connectivity index (χ0v) is 14.3. The average Bonchev–Trinajstić information content (AvgIpc) is 2.48. The van der Waals surface area contributed by atoms with Crippen molar-refractivity contribution in [2.75, 3.05) is 13.1 Å². The van der Waals surface area contributed by atoms with E-state index < -0.39 is 0 Å². The molecule has 20 heavy (non-hydrogen) atoms. The van der Waals surface area contributed by atoms with Crippen LogP contribution in [0.3, 0.4) is 0 Å². The standard InChI is InChI=1S/C18H36N2/c1-5-10-16(4)20-13-17(15(3)6-2)19-14-18(20)11-8-7-9-12-18/h15-17,19H,5-14H2,1-4H3. The highest BCUT2D eigenvalue weighted by Gasteiger charge is 2.44. The average molecular weight is 280 g/mol. The molecular weight excluding hydrogens is 244 g/mol. The van der Waals surface area contributed by atoms with Crippen LogP contribution in [-0.2, 0) is 0 Å². The van der Waals surface area contributed by atoms with E-state index in [0.717, 1.165) is 12.0 Å². The molecule has 0 amide bonds. The molecule has 2 fully saturated rings. The predicted octanol–water partition coefficient (Wildman–Crippen LogP) is 4.20. The van der Waals surface area contributed by atoms with Crippen LogP contribution in [0, 0.1) is 5.92 Å². The Bertz CT molecular complexity index is 283. The van der Waals surface area contributed by atoms with Crippen molar-refractivity contribution in [3.63, 3.8) is 0 Å². The molecule has 3 atom stereocenters. The molecule has 118 valence electrons. The maximum Gasteiger partial charge on any atom is 0.0337 e. The Labute approximate surface area is 126 Å². The summed E-state index contributed by atoms with van der Waals surface area (Å²) < 4.78 is 0. The Kier molecular flexibility index (Phi) is 5.92. The Hall–Kier alpha value is -0.0800. The number of nitrogens with zero attached hydrogens (tertiary/aromatic N) is 1. The third-order valence-corrected chi connectivity index (χ3v) is 6.05. The summed E-state index contributed by atoms with van der Waals surface area (Å²) in [6.07, 6.45) is 11.1. The summed E-state index contributed by atoms with van der Waals surface area (Å²) in [6.45, 7) is 12.1. The lowest BCUT2D eigenvalue weighted by atomic mass is 9.76. The molecule has 0 radical (unpaired) electrons. The van der Waals surface area contributed by atoms with Gasteiger partial charge in [-0.2, -0.15) is 0 Å². The number of hydrogen-bond donors (Lipinski definition) is 1. The van der Waals surface area contributed by atoms with Gasteiger partial charge in [0.15, 0.2) is 0 Å². The van der Waals surface area contributed by atoms with Crippen molar-refractivity contribution in [1.82, 2.24) is 10.2 Å². The Morgan fingerprint density at radius 3 is 2.45 bits per heavy atom. The van der Waals surface area contributed by atoms with Crippen LogP contribution < -0.4 is 5.32 Å². The fourth-order valence-corrected chi connectivity index (χ4v) is 4.45. The molecule has 2 heteroatoms. The van der Waals surface area contributed by atoms with E-state index >= 15 is 0 Å². The van der Waals surface area contributed by atoms with Crippen molar-refractivity contribution in [1.29, 1.82) is 0 Å².